The molecule has 35 heavy (non-hydrogen) atoms. The number of ether oxygens (including phenoxy) is 2. The van der Waals surface area contributed by atoms with Gasteiger partial charge in [0.05, 0.1) is 30.6 Å². The number of piperazine rings is 1. The fourth-order valence-corrected chi connectivity index (χ4v) is 4.49. The van der Waals surface area contributed by atoms with E-state index in [1.165, 1.54) is 6.07 Å². The topological polar surface area (TPSA) is 98.3 Å². The minimum Gasteiger partial charge on any atom is -0.496 e. The molecule has 1 aromatic carbocycles. The maximum absolute atomic E-state index is 10.8. The molecule has 0 spiro atoms. The molecule has 0 atom stereocenters. The minimum absolute atomic E-state index is 0.144. The molecule has 0 bridgehead atoms. The SMILES string of the molecule is COc1cc(OC)c(-c2cn3ccc(N4CCN(c5ccc([N+](=O)[O-])nc5)CC4)cc3n2)cc1Cl. The molecule has 0 amide bonds. The third-order valence-electron chi connectivity index (χ3n) is 6.12. The van der Waals surface area contributed by atoms with Crippen LogP contribution in [0.15, 0.2) is 55.0 Å². The van der Waals surface area contributed by atoms with E-state index < -0.39 is 4.92 Å². The van der Waals surface area contributed by atoms with Gasteiger partial charge in [-0.05, 0) is 28.1 Å². The van der Waals surface area contributed by atoms with Crippen molar-refractivity contribution in [3.63, 3.8) is 0 Å². The lowest BCUT2D eigenvalue weighted by Crippen LogP contribution is -2.46. The molecule has 11 heteroatoms. The molecule has 10 nitrogen and oxygen atoms in total. The number of pyridine rings is 2. The molecule has 0 unspecified atom stereocenters. The van der Waals surface area contributed by atoms with E-state index in [1.54, 1.807) is 38.6 Å². The average Bonchev–Trinajstić information content (AvgIpc) is 3.32. The van der Waals surface area contributed by atoms with Crippen LogP contribution < -0.4 is 19.3 Å². The quantitative estimate of drug-likeness (QED) is 0.289. The summed E-state index contributed by atoms with van der Waals surface area (Å²) < 4.78 is 12.8. The van der Waals surface area contributed by atoms with E-state index in [4.69, 9.17) is 26.1 Å². The summed E-state index contributed by atoms with van der Waals surface area (Å²) in [6.07, 6.45) is 5.50. The second-order valence-corrected chi connectivity index (χ2v) is 8.48. The van der Waals surface area contributed by atoms with Gasteiger partial charge in [-0.3, -0.25) is 0 Å². The van der Waals surface area contributed by atoms with Crippen molar-refractivity contribution >= 4 is 34.4 Å². The van der Waals surface area contributed by atoms with Gasteiger partial charge >= 0.3 is 5.82 Å². The number of aromatic nitrogens is 3. The molecule has 180 valence electrons. The number of methoxy groups -OCH3 is 2. The first-order valence-corrected chi connectivity index (χ1v) is 11.4. The second kappa shape index (κ2) is 9.30. The number of benzene rings is 1. The van der Waals surface area contributed by atoms with Crippen molar-refractivity contribution in [2.45, 2.75) is 0 Å². The third-order valence-corrected chi connectivity index (χ3v) is 6.42. The highest BCUT2D eigenvalue weighted by Gasteiger charge is 2.20. The Kier molecular flexibility index (Phi) is 6.04. The molecular formula is C24H23ClN6O4. The number of nitro groups is 1. The lowest BCUT2D eigenvalue weighted by Gasteiger charge is -2.36. The predicted molar refractivity (Wildman–Crippen MR) is 134 cm³/mol. The summed E-state index contributed by atoms with van der Waals surface area (Å²) in [6.45, 7) is 3.18. The summed E-state index contributed by atoms with van der Waals surface area (Å²) in [5.74, 6) is 1.03. The molecule has 4 aromatic rings. The van der Waals surface area contributed by atoms with E-state index in [0.29, 0.717) is 16.5 Å². The first-order chi connectivity index (χ1) is 17.0. The van der Waals surface area contributed by atoms with Gasteiger partial charge in [-0.1, -0.05) is 11.6 Å². The number of hydrogen-bond donors (Lipinski definition) is 0. The lowest BCUT2D eigenvalue weighted by molar-refractivity contribution is -0.389. The van der Waals surface area contributed by atoms with Crippen LogP contribution >= 0.6 is 11.6 Å². The Morgan fingerprint density at radius 1 is 0.971 bits per heavy atom. The van der Waals surface area contributed by atoms with Crippen LogP contribution in [0.2, 0.25) is 5.02 Å². The molecule has 0 aliphatic carbocycles. The van der Waals surface area contributed by atoms with E-state index in [9.17, 15) is 10.1 Å². The highest BCUT2D eigenvalue weighted by Crippen LogP contribution is 2.38. The van der Waals surface area contributed by atoms with E-state index in [0.717, 1.165) is 54.5 Å². The van der Waals surface area contributed by atoms with Gasteiger partial charge in [0.15, 0.2) is 6.20 Å². The summed E-state index contributed by atoms with van der Waals surface area (Å²) in [7, 11) is 3.17. The number of hydrogen-bond acceptors (Lipinski definition) is 8. The van der Waals surface area contributed by atoms with Crippen molar-refractivity contribution < 1.29 is 14.4 Å². The molecule has 1 aliphatic rings. The van der Waals surface area contributed by atoms with Crippen LogP contribution in [0.5, 0.6) is 11.5 Å². The Morgan fingerprint density at radius 3 is 2.31 bits per heavy atom. The summed E-state index contributed by atoms with van der Waals surface area (Å²) in [4.78, 5) is 23.6. The van der Waals surface area contributed by atoms with Gasteiger partial charge in [0.1, 0.15) is 17.1 Å². The van der Waals surface area contributed by atoms with E-state index in [1.807, 2.05) is 16.8 Å². The Morgan fingerprint density at radius 2 is 1.69 bits per heavy atom. The van der Waals surface area contributed by atoms with Gasteiger partial charge < -0.3 is 33.8 Å². The highest BCUT2D eigenvalue weighted by atomic mass is 35.5. The number of halogens is 1. The number of nitrogens with zero attached hydrogens (tertiary/aromatic N) is 6. The molecule has 0 N–H and O–H groups in total. The van der Waals surface area contributed by atoms with Gasteiger partial charge in [0.2, 0.25) is 0 Å². The monoisotopic (exact) mass is 494 g/mol. The van der Waals surface area contributed by atoms with Crippen LogP contribution in [0.1, 0.15) is 0 Å². The zero-order valence-electron chi connectivity index (χ0n) is 19.2. The van der Waals surface area contributed by atoms with Crippen molar-refractivity contribution in [3.8, 4) is 22.8 Å². The van der Waals surface area contributed by atoms with Crippen LogP contribution in [-0.2, 0) is 0 Å². The van der Waals surface area contributed by atoms with Crippen LogP contribution in [0.3, 0.4) is 0 Å². The van der Waals surface area contributed by atoms with Crippen molar-refractivity contribution in [1.29, 1.82) is 0 Å². The lowest BCUT2D eigenvalue weighted by atomic mass is 10.1. The predicted octanol–water partition coefficient (Wildman–Crippen LogP) is 4.30. The van der Waals surface area contributed by atoms with Crippen molar-refractivity contribution in [1.82, 2.24) is 14.4 Å². The van der Waals surface area contributed by atoms with Crippen LogP contribution in [0.4, 0.5) is 17.2 Å². The van der Waals surface area contributed by atoms with Crippen LogP contribution in [0.25, 0.3) is 16.9 Å². The van der Waals surface area contributed by atoms with Gasteiger partial charge in [0.25, 0.3) is 0 Å². The van der Waals surface area contributed by atoms with Gasteiger partial charge in [-0.25, -0.2) is 4.98 Å². The van der Waals surface area contributed by atoms with E-state index in [2.05, 4.69) is 26.9 Å². The van der Waals surface area contributed by atoms with Gasteiger partial charge in [-0.2, -0.15) is 0 Å². The third kappa shape index (κ3) is 4.40. The second-order valence-electron chi connectivity index (χ2n) is 8.07. The average molecular weight is 495 g/mol. The molecule has 1 fully saturated rings. The molecule has 0 radical (unpaired) electrons. The fourth-order valence-electron chi connectivity index (χ4n) is 4.25. The standard InChI is InChI=1S/C24H23ClN6O4/c1-34-21-13-22(35-2)19(25)12-18(21)20-15-30-6-5-16(11-24(30)27-20)28-7-9-29(10-8-28)17-3-4-23(26-14-17)31(32)33/h3-6,11-15H,7-10H2,1-2H3. The summed E-state index contributed by atoms with van der Waals surface area (Å²) in [6, 6.07) is 10.9. The maximum Gasteiger partial charge on any atom is 0.363 e. The zero-order chi connectivity index (χ0) is 24.5. The Labute approximate surface area is 206 Å². The van der Waals surface area contributed by atoms with Crippen molar-refractivity contribution in [2.24, 2.45) is 0 Å². The summed E-state index contributed by atoms with van der Waals surface area (Å²) in [5, 5.41) is 11.3. The summed E-state index contributed by atoms with van der Waals surface area (Å²) >= 11 is 6.35. The molecule has 1 saturated heterocycles. The highest BCUT2D eigenvalue weighted by molar-refractivity contribution is 6.32. The number of imidazole rings is 1. The number of anilines is 2. The maximum atomic E-state index is 10.8. The number of fused-ring (bicyclic) bond motifs is 1. The molecule has 0 saturated carbocycles. The smallest absolute Gasteiger partial charge is 0.363 e. The van der Waals surface area contributed by atoms with Gasteiger partial charge in [0, 0.05) is 68.0 Å². The Balaban J connectivity index is 1.34. The first kappa shape index (κ1) is 22.7. The molecule has 5 rings (SSSR count). The Hall–Kier alpha value is -4.05. The van der Waals surface area contributed by atoms with Crippen LogP contribution in [0, 0.1) is 10.1 Å². The van der Waals surface area contributed by atoms with Gasteiger partial charge in [-0.15, -0.1) is 0 Å². The molecule has 4 heterocycles. The number of rotatable bonds is 6. The van der Waals surface area contributed by atoms with Crippen molar-refractivity contribution in [2.75, 3.05) is 50.2 Å². The largest absolute Gasteiger partial charge is 0.496 e. The molecular weight excluding hydrogens is 472 g/mol. The van der Waals surface area contributed by atoms with E-state index in [-0.39, 0.29) is 5.82 Å². The van der Waals surface area contributed by atoms with Crippen molar-refractivity contribution in [3.05, 3.63) is 70.1 Å². The normalized spacial score (nSPS) is 13.8. The van der Waals surface area contributed by atoms with Crippen LogP contribution in [-0.4, -0.2) is 59.7 Å². The fraction of sp³-hybridized carbons (Fsp3) is 0.250. The minimum atomic E-state index is -0.488. The summed E-state index contributed by atoms with van der Waals surface area (Å²) in [5.41, 5.74) is 4.31. The first-order valence-electron chi connectivity index (χ1n) is 11.0. The zero-order valence-corrected chi connectivity index (χ0v) is 20.0. The van der Waals surface area contributed by atoms with E-state index >= 15 is 0 Å². The Bertz CT molecular complexity index is 1380. The molecule has 3 aromatic heterocycles. The molecule has 1 aliphatic heterocycles.